The van der Waals surface area contributed by atoms with Gasteiger partial charge in [-0.05, 0) is 48.5 Å². The Kier molecular flexibility index (Phi) is 5.76. The Balaban J connectivity index is 1.71. The summed E-state index contributed by atoms with van der Waals surface area (Å²) in [5.74, 6) is -1.20. The molecule has 0 radical (unpaired) electrons. The highest BCUT2D eigenvalue weighted by Gasteiger charge is 2.34. The lowest BCUT2D eigenvalue weighted by Crippen LogP contribution is -2.21. The van der Waals surface area contributed by atoms with Crippen molar-refractivity contribution in [1.82, 2.24) is 4.98 Å². The Morgan fingerprint density at radius 1 is 0.971 bits per heavy atom. The third kappa shape index (κ3) is 4.58. The number of carbonyl (C=O) groups is 1. The first-order valence-electron chi connectivity index (χ1n) is 9.66. The van der Waals surface area contributed by atoms with Gasteiger partial charge in [-0.1, -0.05) is 18.2 Å². The molecule has 8 nitrogen and oxygen atoms in total. The van der Waals surface area contributed by atoms with Gasteiger partial charge in [-0.2, -0.15) is 13.2 Å². The van der Waals surface area contributed by atoms with Crippen molar-refractivity contribution in [3.8, 4) is 17.2 Å². The van der Waals surface area contributed by atoms with Crippen molar-refractivity contribution in [3.63, 3.8) is 0 Å². The zero-order chi connectivity index (χ0) is 24.5. The van der Waals surface area contributed by atoms with Crippen molar-refractivity contribution >= 4 is 28.5 Å². The third-order valence-corrected chi connectivity index (χ3v) is 4.64. The zero-order valence-electron chi connectivity index (χ0n) is 17.2. The van der Waals surface area contributed by atoms with Gasteiger partial charge in [0.25, 0.3) is 0 Å². The van der Waals surface area contributed by atoms with E-state index >= 15 is 0 Å². The van der Waals surface area contributed by atoms with E-state index in [1.165, 1.54) is 42.5 Å². The van der Waals surface area contributed by atoms with Gasteiger partial charge in [0.2, 0.25) is 5.89 Å². The highest BCUT2D eigenvalue weighted by Crippen LogP contribution is 2.34. The Morgan fingerprint density at radius 2 is 1.68 bits per heavy atom. The van der Waals surface area contributed by atoms with Crippen LogP contribution in [-0.2, 0) is 6.18 Å². The smallest absolute Gasteiger partial charge is 0.417 e. The van der Waals surface area contributed by atoms with Crippen LogP contribution in [-0.4, -0.2) is 16.9 Å². The van der Waals surface area contributed by atoms with E-state index in [9.17, 15) is 22.8 Å². The van der Waals surface area contributed by atoms with Crippen LogP contribution in [0.1, 0.15) is 15.9 Å². The van der Waals surface area contributed by atoms with E-state index in [1.807, 2.05) is 0 Å². The molecule has 0 spiro atoms. The number of nitrogens with zero attached hydrogens (tertiary/aromatic N) is 2. The summed E-state index contributed by atoms with van der Waals surface area (Å²) in [6.07, 6.45) is -4.76. The number of carbonyl (C=O) groups excluding carboxylic acids is 1. The molecule has 4 rings (SSSR count). The van der Waals surface area contributed by atoms with Gasteiger partial charge >= 0.3 is 17.8 Å². The number of hydrogen-bond acceptors (Lipinski definition) is 6. The first-order chi connectivity index (χ1) is 16.1. The lowest BCUT2D eigenvalue weighted by Gasteiger charge is -2.11. The second-order valence-corrected chi connectivity index (χ2v) is 6.97. The summed E-state index contributed by atoms with van der Waals surface area (Å²) in [6.45, 7) is 0. The number of ether oxygens (including phenoxy) is 1. The van der Waals surface area contributed by atoms with Gasteiger partial charge < -0.3 is 20.6 Å². The van der Waals surface area contributed by atoms with Crippen molar-refractivity contribution in [3.05, 3.63) is 88.3 Å². The molecule has 0 aliphatic carbocycles. The van der Waals surface area contributed by atoms with Crippen molar-refractivity contribution in [2.75, 3.05) is 0 Å². The molecule has 0 bridgehead atoms. The third-order valence-electron chi connectivity index (χ3n) is 4.64. The van der Waals surface area contributed by atoms with Gasteiger partial charge in [0.1, 0.15) is 5.75 Å². The minimum absolute atomic E-state index is 0.0113. The molecule has 0 atom stereocenters. The maximum atomic E-state index is 13.3. The molecule has 4 aromatic rings. The Bertz CT molecular complexity index is 1470. The van der Waals surface area contributed by atoms with Crippen molar-refractivity contribution < 1.29 is 27.1 Å². The lowest BCUT2D eigenvalue weighted by atomic mass is 10.1. The number of halogens is 3. The van der Waals surface area contributed by atoms with Gasteiger partial charge in [0.15, 0.2) is 5.96 Å². The summed E-state index contributed by atoms with van der Waals surface area (Å²) in [4.78, 5) is 33.0. The molecule has 1 aromatic heterocycles. The summed E-state index contributed by atoms with van der Waals surface area (Å²) in [5.41, 5.74) is 8.75. The minimum atomic E-state index is -4.76. The predicted octanol–water partition coefficient (Wildman–Crippen LogP) is 4.00. The first kappa shape index (κ1) is 22.5. The van der Waals surface area contributed by atoms with Crippen LogP contribution in [0.25, 0.3) is 22.4 Å². The normalized spacial score (nSPS) is 11.3. The molecule has 34 heavy (non-hydrogen) atoms. The Hall–Kier alpha value is -4.67. The monoisotopic (exact) mass is 468 g/mol. The average molecular weight is 468 g/mol. The quantitative estimate of drug-likeness (QED) is 0.200. The number of rotatable bonds is 4. The summed E-state index contributed by atoms with van der Waals surface area (Å²) < 4.78 is 50.4. The van der Waals surface area contributed by atoms with Gasteiger partial charge in [0.05, 0.1) is 33.3 Å². The van der Waals surface area contributed by atoms with Gasteiger partial charge in [-0.25, -0.2) is 19.6 Å². The van der Waals surface area contributed by atoms with E-state index in [4.69, 9.17) is 20.6 Å². The van der Waals surface area contributed by atoms with Crippen LogP contribution < -0.4 is 21.8 Å². The van der Waals surface area contributed by atoms with E-state index in [1.54, 1.807) is 12.1 Å². The Morgan fingerprint density at radius 3 is 2.35 bits per heavy atom. The number of fused-ring (bicyclic) bond motifs is 1. The van der Waals surface area contributed by atoms with Crippen molar-refractivity contribution in [2.24, 2.45) is 16.5 Å². The summed E-state index contributed by atoms with van der Waals surface area (Å²) in [6, 6.07) is 15.1. The number of alkyl halides is 3. The maximum Gasteiger partial charge on any atom is 0.417 e. The predicted molar refractivity (Wildman–Crippen MR) is 118 cm³/mol. The molecule has 0 aliphatic heterocycles. The number of hydrogen-bond donors (Lipinski definition) is 2. The molecular weight excluding hydrogens is 453 g/mol. The van der Waals surface area contributed by atoms with E-state index < -0.39 is 28.7 Å². The highest BCUT2D eigenvalue weighted by molar-refractivity contribution is 5.92. The largest absolute Gasteiger partial charge is 0.422 e. The second kappa shape index (κ2) is 8.70. The number of nitrogens with two attached hydrogens (primary N) is 2. The van der Waals surface area contributed by atoms with Gasteiger partial charge in [0, 0.05) is 0 Å². The molecule has 11 heteroatoms. The lowest BCUT2D eigenvalue weighted by molar-refractivity contribution is -0.136. The second-order valence-electron chi connectivity index (χ2n) is 6.97. The summed E-state index contributed by atoms with van der Waals surface area (Å²) >= 11 is 0. The average Bonchev–Trinajstić information content (AvgIpc) is 2.78. The van der Waals surface area contributed by atoms with Crippen LogP contribution >= 0.6 is 0 Å². The van der Waals surface area contributed by atoms with Crippen molar-refractivity contribution in [2.45, 2.75) is 6.18 Å². The van der Waals surface area contributed by atoms with E-state index in [0.717, 1.165) is 12.1 Å². The number of para-hydroxylation sites is 1. The fourth-order valence-corrected chi connectivity index (χ4v) is 3.18. The van der Waals surface area contributed by atoms with Gasteiger partial charge in [-0.3, -0.25) is 0 Å². The molecule has 1 heterocycles. The molecule has 0 unspecified atom stereocenters. The maximum absolute atomic E-state index is 13.3. The number of benzene rings is 3. The number of aliphatic imine (C=N–C) groups is 1. The molecule has 0 saturated carbocycles. The van der Waals surface area contributed by atoms with Crippen LogP contribution in [0.2, 0.25) is 0 Å². The summed E-state index contributed by atoms with van der Waals surface area (Å²) in [5, 5.41) is -0.686. The standard InChI is InChI=1S/C23H15F3N4O4/c24-23(25,26)15-5-3-6-16-18(15)21(32)34-19(30-16)14-4-1-2-7-17(14)33-20(31)12-8-10-13(11-9-12)29-22(27)28/h1-11H,(H4,27,28,29). The van der Waals surface area contributed by atoms with Crippen LogP contribution in [0.3, 0.4) is 0 Å². The Labute approximate surface area is 189 Å². The topological polar surface area (TPSA) is 134 Å². The fraction of sp³-hybridized carbons (Fsp3) is 0.0435. The molecule has 0 saturated heterocycles. The zero-order valence-corrected chi connectivity index (χ0v) is 17.2. The number of guanidine groups is 1. The van der Waals surface area contributed by atoms with E-state index in [2.05, 4.69) is 9.98 Å². The van der Waals surface area contributed by atoms with E-state index in [-0.39, 0.29) is 34.2 Å². The molecule has 0 fully saturated rings. The summed E-state index contributed by atoms with van der Waals surface area (Å²) in [7, 11) is 0. The molecule has 172 valence electrons. The highest BCUT2D eigenvalue weighted by atomic mass is 19.4. The van der Waals surface area contributed by atoms with E-state index in [0.29, 0.717) is 5.69 Å². The van der Waals surface area contributed by atoms with Crippen LogP contribution in [0, 0.1) is 0 Å². The molecule has 4 N–H and O–H groups in total. The molecule has 0 aliphatic rings. The molecular formula is C23H15F3N4O4. The first-order valence-corrected chi connectivity index (χ1v) is 9.66. The fourth-order valence-electron chi connectivity index (χ4n) is 3.18. The SMILES string of the molecule is NC(N)=Nc1ccc(C(=O)Oc2ccccc2-c2nc3cccc(C(F)(F)F)c3c(=O)o2)cc1. The minimum Gasteiger partial charge on any atom is -0.422 e. The van der Waals surface area contributed by atoms with Gasteiger partial charge in [-0.15, -0.1) is 0 Å². The molecule has 3 aromatic carbocycles. The number of aromatic nitrogens is 1. The number of esters is 1. The van der Waals surface area contributed by atoms with Crippen LogP contribution in [0.4, 0.5) is 18.9 Å². The molecule has 0 amide bonds. The van der Waals surface area contributed by atoms with Crippen LogP contribution in [0.15, 0.2) is 80.9 Å². The van der Waals surface area contributed by atoms with Crippen molar-refractivity contribution in [1.29, 1.82) is 0 Å². The van der Waals surface area contributed by atoms with Crippen LogP contribution in [0.5, 0.6) is 5.75 Å².